The van der Waals surface area contributed by atoms with Gasteiger partial charge in [-0.1, -0.05) is 18.2 Å². The molecule has 0 aromatic heterocycles. The Hall–Kier alpha value is -3.02. The smallest absolute Gasteiger partial charge is 0.340 e. The highest BCUT2D eigenvalue weighted by atomic mass is 16.5. The van der Waals surface area contributed by atoms with Crippen LogP contribution >= 0.6 is 0 Å². The number of benzene rings is 2. The van der Waals surface area contributed by atoms with E-state index in [-0.39, 0.29) is 5.56 Å². The zero-order chi connectivity index (χ0) is 16.8. The fourth-order valence-electron chi connectivity index (χ4n) is 1.97. The maximum Gasteiger partial charge on any atom is 0.340 e. The van der Waals surface area contributed by atoms with E-state index >= 15 is 0 Å². The van der Waals surface area contributed by atoms with Gasteiger partial charge in [0.15, 0.2) is 6.61 Å². The van der Waals surface area contributed by atoms with Crippen molar-refractivity contribution in [3.63, 3.8) is 0 Å². The Bertz CT molecular complexity index is 728. The van der Waals surface area contributed by atoms with Gasteiger partial charge in [0, 0.05) is 17.4 Å². The molecule has 0 bridgehead atoms. The molecule has 120 valence electrons. The first-order valence-electron chi connectivity index (χ1n) is 6.97. The lowest BCUT2D eigenvalue weighted by molar-refractivity contribution is -0.119. The molecule has 2 aromatic carbocycles. The molecule has 0 radical (unpaired) electrons. The molecule has 0 saturated carbocycles. The SMILES string of the molecule is COc1cccc(NC(=O)COC(=O)c2cccc(C)c2N)c1. The molecule has 0 saturated heterocycles. The second-order valence-corrected chi connectivity index (χ2v) is 4.89. The zero-order valence-corrected chi connectivity index (χ0v) is 13.0. The van der Waals surface area contributed by atoms with Gasteiger partial charge in [0.1, 0.15) is 5.75 Å². The molecule has 0 fully saturated rings. The minimum absolute atomic E-state index is 0.249. The Kier molecular flexibility index (Phi) is 5.19. The van der Waals surface area contributed by atoms with Crippen LogP contribution in [0.5, 0.6) is 5.75 Å². The summed E-state index contributed by atoms with van der Waals surface area (Å²) in [6, 6.07) is 11.9. The van der Waals surface area contributed by atoms with Crippen molar-refractivity contribution in [1.82, 2.24) is 0 Å². The van der Waals surface area contributed by atoms with Gasteiger partial charge in [0.05, 0.1) is 12.7 Å². The first-order valence-corrected chi connectivity index (χ1v) is 6.97. The van der Waals surface area contributed by atoms with E-state index in [2.05, 4.69) is 5.32 Å². The fourth-order valence-corrected chi connectivity index (χ4v) is 1.97. The largest absolute Gasteiger partial charge is 0.497 e. The van der Waals surface area contributed by atoms with Crippen LogP contribution in [0.25, 0.3) is 0 Å². The maximum atomic E-state index is 12.0. The number of rotatable bonds is 5. The van der Waals surface area contributed by atoms with Crippen molar-refractivity contribution < 1.29 is 19.1 Å². The van der Waals surface area contributed by atoms with Gasteiger partial charge in [0.25, 0.3) is 5.91 Å². The van der Waals surface area contributed by atoms with Gasteiger partial charge in [-0.3, -0.25) is 4.79 Å². The van der Waals surface area contributed by atoms with Gasteiger partial charge in [-0.15, -0.1) is 0 Å². The minimum Gasteiger partial charge on any atom is -0.497 e. The minimum atomic E-state index is -0.632. The van der Waals surface area contributed by atoms with Crippen LogP contribution in [0.1, 0.15) is 15.9 Å². The van der Waals surface area contributed by atoms with Crippen LogP contribution < -0.4 is 15.8 Å². The van der Waals surface area contributed by atoms with E-state index in [0.29, 0.717) is 17.1 Å². The topological polar surface area (TPSA) is 90.6 Å². The predicted molar refractivity (Wildman–Crippen MR) is 87.5 cm³/mol. The van der Waals surface area contributed by atoms with Crippen molar-refractivity contribution in [2.24, 2.45) is 0 Å². The molecule has 23 heavy (non-hydrogen) atoms. The van der Waals surface area contributed by atoms with Crippen LogP contribution in [-0.4, -0.2) is 25.6 Å². The first-order chi connectivity index (χ1) is 11.0. The molecule has 0 unspecified atom stereocenters. The summed E-state index contributed by atoms with van der Waals surface area (Å²) in [6.07, 6.45) is 0. The Balaban J connectivity index is 1.93. The number of carbonyl (C=O) groups is 2. The molecule has 0 spiro atoms. The van der Waals surface area contributed by atoms with Crippen molar-refractivity contribution in [1.29, 1.82) is 0 Å². The summed E-state index contributed by atoms with van der Waals surface area (Å²) < 4.78 is 10.1. The van der Waals surface area contributed by atoms with Gasteiger partial charge in [0.2, 0.25) is 0 Å². The Morgan fingerprint density at radius 1 is 1.17 bits per heavy atom. The van der Waals surface area contributed by atoms with Gasteiger partial charge in [-0.2, -0.15) is 0 Å². The fraction of sp³-hybridized carbons (Fsp3) is 0.176. The van der Waals surface area contributed by atoms with Crippen molar-refractivity contribution in [3.8, 4) is 5.75 Å². The molecule has 6 nitrogen and oxygen atoms in total. The number of carbonyl (C=O) groups excluding carboxylic acids is 2. The molecule has 3 N–H and O–H groups in total. The molecule has 0 aliphatic carbocycles. The van der Waals surface area contributed by atoms with Crippen LogP contribution in [-0.2, 0) is 9.53 Å². The van der Waals surface area contributed by atoms with Crippen molar-refractivity contribution in [2.75, 3.05) is 24.8 Å². The van der Waals surface area contributed by atoms with Crippen molar-refractivity contribution in [2.45, 2.75) is 6.92 Å². The Labute approximate surface area is 134 Å². The maximum absolute atomic E-state index is 12.0. The monoisotopic (exact) mass is 314 g/mol. The number of amides is 1. The van der Waals surface area contributed by atoms with Crippen LogP contribution in [0.2, 0.25) is 0 Å². The van der Waals surface area contributed by atoms with Crippen LogP contribution in [0.4, 0.5) is 11.4 Å². The summed E-state index contributed by atoms with van der Waals surface area (Å²) >= 11 is 0. The predicted octanol–water partition coefficient (Wildman–Crippen LogP) is 2.38. The highest BCUT2D eigenvalue weighted by molar-refractivity contribution is 5.98. The lowest BCUT2D eigenvalue weighted by atomic mass is 10.1. The van der Waals surface area contributed by atoms with Gasteiger partial charge >= 0.3 is 5.97 Å². The van der Waals surface area contributed by atoms with E-state index in [1.165, 1.54) is 7.11 Å². The number of ether oxygens (including phenoxy) is 2. The number of hydrogen-bond acceptors (Lipinski definition) is 5. The van der Waals surface area contributed by atoms with E-state index in [1.54, 1.807) is 49.4 Å². The average molecular weight is 314 g/mol. The molecule has 0 aliphatic heterocycles. The highest BCUT2D eigenvalue weighted by Crippen LogP contribution is 2.18. The number of nitrogens with two attached hydrogens (primary N) is 1. The van der Waals surface area contributed by atoms with E-state index in [0.717, 1.165) is 5.56 Å². The summed E-state index contributed by atoms with van der Waals surface area (Å²) in [7, 11) is 1.54. The summed E-state index contributed by atoms with van der Waals surface area (Å²) in [5, 5.41) is 2.62. The molecule has 1 amide bonds. The summed E-state index contributed by atoms with van der Waals surface area (Å²) in [6.45, 7) is 1.39. The van der Waals surface area contributed by atoms with Crippen LogP contribution in [0.15, 0.2) is 42.5 Å². The standard InChI is InChI=1S/C17H18N2O4/c1-11-5-3-8-14(16(11)18)17(21)23-10-15(20)19-12-6-4-7-13(9-12)22-2/h3-9H,10,18H2,1-2H3,(H,19,20). The van der Waals surface area contributed by atoms with Crippen molar-refractivity contribution >= 4 is 23.3 Å². The highest BCUT2D eigenvalue weighted by Gasteiger charge is 2.14. The molecule has 0 atom stereocenters. The molecular formula is C17H18N2O4. The third kappa shape index (κ3) is 4.23. The second kappa shape index (κ2) is 7.31. The number of nitrogen functional groups attached to an aromatic ring is 1. The van der Waals surface area contributed by atoms with Crippen LogP contribution in [0, 0.1) is 6.92 Å². The molecule has 0 aliphatic rings. The molecule has 2 rings (SSSR count). The quantitative estimate of drug-likeness (QED) is 0.653. The summed E-state index contributed by atoms with van der Waals surface area (Å²) in [4.78, 5) is 23.8. The number of para-hydroxylation sites is 1. The third-order valence-electron chi connectivity index (χ3n) is 3.23. The van der Waals surface area contributed by atoms with Gasteiger partial charge < -0.3 is 20.5 Å². The number of methoxy groups -OCH3 is 1. The zero-order valence-electron chi connectivity index (χ0n) is 13.0. The third-order valence-corrected chi connectivity index (χ3v) is 3.23. The number of esters is 1. The normalized spacial score (nSPS) is 10.0. The van der Waals surface area contributed by atoms with Crippen LogP contribution in [0.3, 0.4) is 0 Å². The molecular weight excluding hydrogens is 296 g/mol. The van der Waals surface area contributed by atoms with E-state index in [1.807, 2.05) is 0 Å². The number of hydrogen-bond donors (Lipinski definition) is 2. The molecule has 6 heteroatoms. The second-order valence-electron chi connectivity index (χ2n) is 4.89. The first kappa shape index (κ1) is 16.4. The van der Waals surface area contributed by atoms with Gasteiger partial charge in [-0.05, 0) is 30.7 Å². The molecule has 0 heterocycles. The lowest BCUT2D eigenvalue weighted by Gasteiger charge is -2.09. The number of aryl methyl sites for hydroxylation is 1. The average Bonchev–Trinajstić information content (AvgIpc) is 2.55. The van der Waals surface area contributed by atoms with E-state index in [4.69, 9.17) is 15.2 Å². The number of nitrogens with one attached hydrogen (secondary N) is 1. The lowest BCUT2D eigenvalue weighted by Crippen LogP contribution is -2.21. The van der Waals surface area contributed by atoms with Crippen molar-refractivity contribution in [3.05, 3.63) is 53.6 Å². The Morgan fingerprint density at radius 2 is 1.91 bits per heavy atom. The molecule has 2 aromatic rings. The van der Waals surface area contributed by atoms with Gasteiger partial charge in [-0.25, -0.2) is 4.79 Å². The summed E-state index contributed by atoms with van der Waals surface area (Å²) in [5.41, 5.74) is 7.77. The van der Waals surface area contributed by atoms with E-state index < -0.39 is 18.5 Å². The summed E-state index contributed by atoms with van der Waals surface area (Å²) in [5.74, 6) is -0.461. The van der Waals surface area contributed by atoms with E-state index in [9.17, 15) is 9.59 Å². The Morgan fingerprint density at radius 3 is 2.65 bits per heavy atom. The number of anilines is 2.